The van der Waals surface area contributed by atoms with Crippen LogP contribution >= 0.6 is 0 Å². The van der Waals surface area contributed by atoms with Crippen molar-refractivity contribution in [3.05, 3.63) is 29.6 Å². The third-order valence-corrected chi connectivity index (χ3v) is 3.07. The quantitative estimate of drug-likeness (QED) is 0.823. The van der Waals surface area contributed by atoms with E-state index in [4.69, 9.17) is 0 Å². The molecule has 0 heterocycles. The Kier molecular flexibility index (Phi) is 3.44. The van der Waals surface area contributed by atoms with E-state index in [0.29, 0.717) is 6.04 Å². The Morgan fingerprint density at radius 2 is 2.19 bits per heavy atom. The molecule has 0 aliphatic heterocycles. The third-order valence-electron chi connectivity index (χ3n) is 3.07. The maximum atomic E-state index is 13.8. The number of anilines is 1. The van der Waals surface area contributed by atoms with Gasteiger partial charge in [-0.05, 0) is 37.1 Å². The molecule has 16 heavy (non-hydrogen) atoms. The van der Waals surface area contributed by atoms with Gasteiger partial charge in [-0.15, -0.1) is 0 Å². The summed E-state index contributed by atoms with van der Waals surface area (Å²) in [6.45, 7) is 3.69. The predicted octanol–water partition coefficient (Wildman–Crippen LogP) is 2.53. The van der Waals surface area contributed by atoms with Crippen LogP contribution in [-0.4, -0.2) is 19.6 Å². The van der Waals surface area contributed by atoms with Gasteiger partial charge >= 0.3 is 0 Å². The molecule has 2 rings (SSSR count). The van der Waals surface area contributed by atoms with Crippen LogP contribution < -0.4 is 10.2 Å². The first kappa shape index (κ1) is 11.4. The van der Waals surface area contributed by atoms with Gasteiger partial charge in [-0.3, -0.25) is 0 Å². The van der Waals surface area contributed by atoms with Gasteiger partial charge in [0.25, 0.3) is 0 Å². The minimum Gasteiger partial charge on any atom is -0.369 e. The number of rotatable bonds is 5. The van der Waals surface area contributed by atoms with E-state index in [-0.39, 0.29) is 5.82 Å². The predicted molar refractivity (Wildman–Crippen MR) is 65.2 cm³/mol. The number of hydrogen-bond acceptors (Lipinski definition) is 2. The zero-order chi connectivity index (χ0) is 11.5. The van der Waals surface area contributed by atoms with Gasteiger partial charge < -0.3 is 10.2 Å². The average molecular weight is 222 g/mol. The van der Waals surface area contributed by atoms with E-state index in [1.165, 1.54) is 12.8 Å². The lowest BCUT2D eigenvalue weighted by Gasteiger charge is -2.19. The van der Waals surface area contributed by atoms with Crippen molar-refractivity contribution in [2.45, 2.75) is 32.4 Å². The van der Waals surface area contributed by atoms with Gasteiger partial charge in [-0.1, -0.05) is 13.0 Å². The molecule has 0 saturated heterocycles. The standard InChI is InChI=1S/C13H19FN2/c1-3-15-9-10-4-7-13(12(14)8-10)16(2)11-5-6-11/h4,7-8,11,15H,3,5-6,9H2,1-2H3. The summed E-state index contributed by atoms with van der Waals surface area (Å²) in [5.41, 5.74) is 1.73. The Bertz CT molecular complexity index is 361. The molecule has 1 aliphatic rings. The van der Waals surface area contributed by atoms with Crippen LogP contribution in [0.5, 0.6) is 0 Å². The minimum absolute atomic E-state index is 0.107. The molecular weight excluding hydrogens is 203 g/mol. The molecule has 0 unspecified atom stereocenters. The van der Waals surface area contributed by atoms with E-state index < -0.39 is 0 Å². The number of nitrogens with one attached hydrogen (secondary N) is 1. The van der Waals surface area contributed by atoms with Crippen LogP contribution in [0.4, 0.5) is 10.1 Å². The number of halogens is 1. The molecule has 1 fully saturated rings. The summed E-state index contributed by atoms with van der Waals surface area (Å²) in [6, 6.07) is 6.08. The van der Waals surface area contributed by atoms with Crippen LogP contribution in [0.25, 0.3) is 0 Å². The summed E-state index contributed by atoms with van der Waals surface area (Å²) in [5.74, 6) is -0.107. The van der Waals surface area contributed by atoms with Gasteiger partial charge in [-0.2, -0.15) is 0 Å². The molecule has 1 aromatic rings. The molecule has 0 radical (unpaired) electrons. The van der Waals surface area contributed by atoms with Crippen molar-refractivity contribution in [3.8, 4) is 0 Å². The Hall–Kier alpha value is -1.09. The molecule has 1 N–H and O–H groups in total. The van der Waals surface area contributed by atoms with Crippen LogP contribution in [0.15, 0.2) is 18.2 Å². The van der Waals surface area contributed by atoms with E-state index >= 15 is 0 Å². The maximum absolute atomic E-state index is 13.8. The van der Waals surface area contributed by atoms with Gasteiger partial charge in [0.2, 0.25) is 0 Å². The van der Waals surface area contributed by atoms with Crippen LogP contribution in [0.2, 0.25) is 0 Å². The Labute approximate surface area is 96.5 Å². The van der Waals surface area contributed by atoms with E-state index in [9.17, 15) is 4.39 Å². The smallest absolute Gasteiger partial charge is 0.146 e. The summed E-state index contributed by atoms with van der Waals surface area (Å²) in [6.07, 6.45) is 2.38. The van der Waals surface area contributed by atoms with Gasteiger partial charge in [0.15, 0.2) is 0 Å². The summed E-state index contributed by atoms with van der Waals surface area (Å²) in [7, 11) is 1.97. The van der Waals surface area contributed by atoms with Crippen molar-refractivity contribution in [2.75, 3.05) is 18.5 Å². The van der Waals surface area contributed by atoms with Gasteiger partial charge in [-0.25, -0.2) is 4.39 Å². The molecule has 0 spiro atoms. The fourth-order valence-corrected chi connectivity index (χ4v) is 1.87. The second-order valence-electron chi connectivity index (χ2n) is 4.41. The summed E-state index contributed by atoms with van der Waals surface area (Å²) >= 11 is 0. The van der Waals surface area contributed by atoms with Crippen LogP contribution in [-0.2, 0) is 6.54 Å². The molecule has 1 aliphatic carbocycles. The Morgan fingerprint density at radius 3 is 2.75 bits per heavy atom. The normalized spacial score (nSPS) is 15.2. The summed E-state index contributed by atoms with van der Waals surface area (Å²) in [4.78, 5) is 2.05. The third kappa shape index (κ3) is 2.53. The first-order valence-electron chi connectivity index (χ1n) is 5.94. The lowest BCUT2D eigenvalue weighted by Crippen LogP contribution is -2.21. The zero-order valence-electron chi connectivity index (χ0n) is 9.96. The molecule has 1 aromatic carbocycles. The molecule has 0 bridgehead atoms. The number of nitrogens with zero attached hydrogens (tertiary/aromatic N) is 1. The minimum atomic E-state index is -0.107. The largest absolute Gasteiger partial charge is 0.369 e. The lowest BCUT2D eigenvalue weighted by atomic mass is 10.2. The highest BCUT2D eigenvalue weighted by Gasteiger charge is 2.27. The highest BCUT2D eigenvalue weighted by Crippen LogP contribution is 2.31. The SMILES string of the molecule is CCNCc1ccc(N(C)C2CC2)c(F)c1. The van der Waals surface area contributed by atoms with Crippen molar-refractivity contribution in [1.29, 1.82) is 0 Å². The lowest BCUT2D eigenvalue weighted by molar-refractivity contribution is 0.616. The highest BCUT2D eigenvalue weighted by atomic mass is 19.1. The molecule has 2 nitrogen and oxygen atoms in total. The van der Waals surface area contributed by atoms with E-state index in [2.05, 4.69) is 5.32 Å². The number of benzene rings is 1. The van der Waals surface area contributed by atoms with Crippen molar-refractivity contribution in [3.63, 3.8) is 0 Å². The van der Waals surface area contributed by atoms with Crippen molar-refractivity contribution in [2.24, 2.45) is 0 Å². The first-order chi connectivity index (χ1) is 7.72. The molecule has 88 valence electrons. The Balaban J connectivity index is 2.09. The fourth-order valence-electron chi connectivity index (χ4n) is 1.87. The van der Waals surface area contributed by atoms with E-state index in [1.807, 2.05) is 31.0 Å². The molecule has 3 heteroatoms. The van der Waals surface area contributed by atoms with Crippen LogP contribution in [0.1, 0.15) is 25.3 Å². The van der Waals surface area contributed by atoms with Crippen molar-refractivity contribution < 1.29 is 4.39 Å². The zero-order valence-corrected chi connectivity index (χ0v) is 9.96. The molecule has 0 aromatic heterocycles. The average Bonchev–Trinajstić information content (AvgIpc) is 3.09. The van der Waals surface area contributed by atoms with Crippen LogP contribution in [0.3, 0.4) is 0 Å². The first-order valence-corrected chi connectivity index (χ1v) is 5.94. The fraction of sp³-hybridized carbons (Fsp3) is 0.538. The van der Waals surface area contributed by atoms with Crippen molar-refractivity contribution >= 4 is 5.69 Å². The maximum Gasteiger partial charge on any atom is 0.146 e. The van der Waals surface area contributed by atoms with Gasteiger partial charge in [0.05, 0.1) is 5.69 Å². The topological polar surface area (TPSA) is 15.3 Å². The molecule has 1 saturated carbocycles. The Morgan fingerprint density at radius 1 is 1.44 bits per heavy atom. The van der Waals surface area contributed by atoms with Gasteiger partial charge in [0.1, 0.15) is 5.82 Å². The molecular formula is C13H19FN2. The summed E-state index contributed by atoms with van der Waals surface area (Å²) in [5, 5.41) is 3.20. The molecule has 0 atom stereocenters. The summed E-state index contributed by atoms with van der Waals surface area (Å²) < 4.78 is 13.8. The van der Waals surface area contributed by atoms with E-state index in [0.717, 1.165) is 24.3 Å². The van der Waals surface area contributed by atoms with Crippen molar-refractivity contribution in [1.82, 2.24) is 5.32 Å². The van der Waals surface area contributed by atoms with Crippen LogP contribution in [0, 0.1) is 5.82 Å². The molecule has 0 amide bonds. The second kappa shape index (κ2) is 4.83. The highest BCUT2D eigenvalue weighted by molar-refractivity contribution is 5.50. The van der Waals surface area contributed by atoms with Gasteiger partial charge in [0, 0.05) is 19.6 Å². The second-order valence-corrected chi connectivity index (χ2v) is 4.41. The monoisotopic (exact) mass is 222 g/mol. The number of hydrogen-bond donors (Lipinski definition) is 1. The van der Waals surface area contributed by atoms with E-state index in [1.54, 1.807) is 6.07 Å².